The minimum absolute atomic E-state index is 0. The number of amides is 1. The molecule has 0 aromatic carbocycles. The fraction of sp³-hybridized carbons (Fsp3) is 0. The van der Waals surface area contributed by atoms with E-state index in [-0.39, 0.29) is 23.5 Å². The van der Waals surface area contributed by atoms with Crippen molar-refractivity contribution in [2.45, 2.75) is 0 Å². The Bertz CT molecular complexity index is 23.6. The maximum absolute atomic E-state index is 8.81. The molecule has 0 atom stereocenters. The van der Waals surface area contributed by atoms with Crippen LogP contribution in [-0.2, 0) is 21.9 Å². The molecule has 0 aliphatic carbocycles. The van der Waals surface area contributed by atoms with Crippen LogP contribution in [0.15, 0.2) is 0 Å². The number of rotatable bonds is 1. The second kappa shape index (κ2) is 9.04. The first-order valence-corrected chi connectivity index (χ1v) is 0.748. The summed E-state index contributed by atoms with van der Waals surface area (Å²) in [6.45, 7) is 0. The van der Waals surface area contributed by atoms with Gasteiger partial charge in [0.05, 0.1) is 0 Å². The summed E-state index contributed by atoms with van der Waals surface area (Å²) < 4.78 is 0. The zero-order valence-electron chi connectivity index (χ0n) is 2.29. The Balaban J connectivity index is 0. The van der Waals surface area contributed by atoms with E-state index < -0.39 is 0 Å². The number of carbonyl (C=O) groups is 1. The molecule has 0 spiro atoms. The van der Waals surface area contributed by atoms with Crippen LogP contribution in [0.1, 0.15) is 0 Å². The van der Waals surface area contributed by atoms with Crippen LogP contribution in [0, 0.1) is 0 Å². The van der Waals surface area contributed by atoms with Gasteiger partial charge in [-0.25, -0.2) is 5.48 Å². The molecule has 0 bridgehead atoms. The van der Waals surface area contributed by atoms with Crippen molar-refractivity contribution in [3.05, 3.63) is 0 Å². The maximum atomic E-state index is 8.81. The van der Waals surface area contributed by atoms with Crippen LogP contribution in [0.2, 0.25) is 0 Å². The van der Waals surface area contributed by atoms with E-state index in [9.17, 15) is 0 Å². The zero-order chi connectivity index (χ0) is 3.41. The second-order valence-electron chi connectivity index (χ2n) is 0.247. The molecule has 0 rings (SSSR count). The van der Waals surface area contributed by atoms with E-state index in [0.717, 1.165) is 0 Å². The van der Waals surface area contributed by atoms with Gasteiger partial charge in [0, 0.05) is 17.1 Å². The summed E-state index contributed by atoms with van der Waals surface area (Å²) >= 11 is 0. The first kappa shape index (κ1) is 8.87. The Hall–Kier alpha value is -0.0505. The van der Waals surface area contributed by atoms with E-state index >= 15 is 0 Å². The third-order valence-electron chi connectivity index (χ3n) is 0.0527. The minimum Gasteiger partial charge on any atom is -0.289 e. The van der Waals surface area contributed by atoms with E-state index in [4.69, 9.17) is 10.0 Å². The van der Waals surface area contributed by atoms with Gasteiger partial charge in [0.15, 0.2) is 0 Å². The van der Waals surface area contributed by atoms with E-state index in [2.05, 4.69) is 0 Å². The van der Waals surface area contributed by atoms with Gasteiger partial charge in [-0.05, 0) is 0 Å². The van der Waals surface area contributed by atoms with Crippen LogP contribution >= 0.6 is 0 Å². The number of nitrogens with one attached hydrogen (secondary N) is 1. The Morgan fingerprint density at radius 3 is 2.00 bits per heavy atom. The standard InChI is InChI=1S/CH3NO2.Fe/c3-1-2-4;/h1,4H,(H,2,3);. The third-order valence-corrected chi connectivity index (χ3v) is 0.0527. The molecule has 0 aliphatic heterocycles. The molecule has 32 valence electrons. The van der Waals surface area contributed by atoms with E-state index in [1.54, 1.807) is 0 Å². The number of hydroxylamine groups is 1. The number of carbonyl (C=O) groups excluding carboxylic acids is 1. The molecule has 2 N–H and O–H groups in total. The summed E-state index contributed by atoms with van der Waals surface area (Å²) in [6, 6.07) is 0. The molecule has 0 saturated carbocycles. The van der Waals surface area contributed by atoms with Gasteiger partial charge in [-0.15, -0.1) is 0 Å². The number of hydrogen-bond donors (Lipinski definition) is 2. The normalized spacial score (nSPS) is 4.20. The van der Waals surface area contributed by atoms with E-state index in [0.29, 0.717) is 0 Å². The van der Waals surface area contributed by atoms with Gasteiger partial charge in [0.1, 0.15) is 0 Å². The topological polar surface area (TPSA) is 49.3 Å². The van der Waals surface area contributed by atoms with Crippen LogP contribution < -0.4 is 5.48 Å². The molecule has 4 heteroatoms. The first-order valence-electron chi connectivity index (χ1n) is 0.748. The van der Waals surface area contributed by atoms with Gasteiger partial charge in [-0.1, -0.05) is 0 Å². The van der Waals surface area contributed by atoms with Crippen LogP contribution in [0.25, 0.3) is 0 Å². The van der Waals surface area contributed by atoms with Gasteiger partial charge in [-0.3, -0.25) is 10.0 Å². The molecule has 0 saturated heterocycles. The van der Waals surface area contributed by atoms with Crippen molar-refractivity contribution in [1.29, 1.82) is 0 Å². The predicted octanol–water partition coefficient (Wildman–Crippen LogP) is -0.881. The summed E-state index contributed by atoms with van der Waals surface area (Å²) in [5, 5.41) is 7.26. The zero-order valence-corrected chi connectivity index (χ0v) is 3.39. The van der Waals surface area contributed by atoms with E-state index in [1.807, 2.05) is 0 Å². The molecule has 0 aliphatic rings. The van der Waals surface area contributed by atoms with Gasteiger partial charge in [0.2, 0.25) is 6.41 Å². The average Bonchev–Trinajstić information content (AvgIpc) is 1.37. The summed E-state index contributed by atoms with van der Waals surface area (Å²) in [5.41, 5.74) is 1.25. The predicted molar refractivity (Wildman–Crippen MR) is 11.0 cm³/mol. The SMILES string of the molecule is O=CNO.[Fe]. The second-order valence-corrected chi connectivity index (χ2v) is 0.247. The number of hydrogen-bond acceptors (Lipinski definition) is 2. The third kappa shape index (κ3) is 16.6. The van der Waals surface area contributed by atoms with Crippen molar-refractivity contribution in [2.75, 3.05) is 0 Å². The van der Waals surface area contributed by atoms with Gasteiger partial charge in [-0.2, -0.15) is 0 Å². The van der Waals surface area contributed by atoms with Crippen LogP contribution in [0.5, 0.6) is 0 Å². The fourth-order valence-corrected chi connectivity index (χ4v) is 0. The van der Waals surface area contributed by atoms with Crippen molar-refractivity contribution in [2.24, 2.45) is 0 Å². The smallest absolute Gasteiger partial charge is 0.230 e. The summed E-state index contributed by atoms with van der Waals surface area (Å²) in [7, 11) is 0. The molecule has 0 heterocycles. The van der Waals surface area contributed by atoms with Gasteiger partial charge in [0.25, 0.3) is 0 Å². The van der Waals surface area contributed by atoms with Crippen molar-refractivity contribution >= 4 is 6.41 Å². The molecule has 5 heavy (non-hydrogen) atoms. The monoisotopic (exact) mass is 117 g/mol. The van der Waals surface area contributed by atoms with Crippen molar-refractivity contribution in [1.82, 2.24) is 5.48 Å². The summed E-state index contributed by atoms with van der Waals surface area (Å²) in [6.07, 6.45) is 0.181. The molecular weight excluding hydrogens is 114 g/mol. The van der Waals surface area contributed by atoms with Crippen LogP contribution in [-0.4, -0.2) is 11.6 Å². The fourth-order valence-electron chi connectivity index (χ4n) is 0. The van der Waals surface area contributed by atoms with Crippen molar-refractivity contribution < 1.29 is 27.1 Å². The molecule has 3 nitrogen and oxygen atoms in total. The Kier molecular flexibility index (Phi) is 16.0. The Morgan fingerprint density at radius 1 is 1.80 bits per heavy atom. The van der Waals surface area contributed by atoms with Gasteiger partial charge >= 0.3 is 0 Å². The largest absolute Gasteiger partial charge is 0.289 e. The van der Waals surface area contributed by atoms with Gasteiger partial charge < -0.3 is 0 Å². The average molecular weight is 117 g/mol. The molecule has 1 amide bonds. The summed E-state index contributed by atoms with van der Waals surface area (Å²) in [4.78, 5) is 8.81. The minimum atomic E-state index is 0. The first-order chi connectivity index (χ1) is 1.91. The Labute approximate surface area is 39.8 Å². The van der Waals surface area contributed by atoms with Crippen LogP contribution in [0.3, 0.4) is 0 Å². The van der Waals surface area contributed by atoms with E-state index in [1.165, 1.54) is 5.48 Å². The molecule has 0 aromatic heterocycles. The van der Waals surface area contributed by atoms with Crippen molar-refractivity contribution in [3.8, 4) is 0 Å². The molecule has 0 fully saturated rings. The van der Waals surface area contributed by atoms with Crippen molar-refractivity contribution in [3.63, 3.8) is 0 Å². The summed E-state index contributed by atoms with van der Waals surface area (Å²) in [5.74, 6) is 0. The molecule has 0 aromatic rings. The molecule has 0 unspecified atom stereocenters. The quantitative estimate of drug-likeness (QED) is 0.203. The van der Waals surface area contributed by atoms with Crippen LogP contribution in [0.4, 0.5) is 0 Å². The molecular formula is CH3FeNO2. The Morgan fingerprint density at radius 2 is 2.00 bits per heavy atom. The maximum Gasteiger partial charge on any atom is 0.230 e. The molecule has 0 radical (unpaired) electrons.